The van der Waals surface area contributed by atoms with E-state index in [1.54, 1.807) is 0 Å². The molecule has 0 amide bonds. The molecule has 7 heteroatoms. The lowest BCUT2D eigenvalue weighted by molar-refractivity contribution is 0.0376. The molecule has 4 rings (SSSR count). The SMILES string of the molecule is CCN1CCN(C(C)c2c(C)c(C(=O)OC(C)C)cc3c(-c4ccc(NC)nc4)ccn23)CC1. The van der Waals surface area contributed by atoms with E-state index >= 15 is 0 Å². The monoisotopic (exact) mass is 463 g/mol. The van der Waals surface area contributed by atoms with Crippen LogP contribution in [0.1, 0.15) is 55.4 Å². The van der Waals surface area contributed by atoms with Crippen molar-refractivity contribution in [3.63, 3.8) is 0 Å². The van der Waals surface area contributed by atoms with Gasteiger partial charge in [0.15, 0.2) is 0 Å². The second kappa shape index (κ2) is 10.2. The maximum atomic E-state index is 13.1. The smallest absolute Gasteiger partial charge is 0.338 e. The van der Waals surface area contributed by atoms with Crippen molar-refractivity contribution in [3.05, 3.63) is 53.5 Å². The summed E-state index contributed by atoms with van der Waals surface area (Å²) < 4.78 is 7.89. The van der Waals surface area contributed by atoms with E-state index in [9.17, 15) is 4.79 Å². The number of pyridine rings is 2. The number of carbonyl (C=O) groups is 1. The van der Waals surface area contributed by atoms with Crippen LogP contribution in [0.4, 0.5) is 5.82 Å². The number of ether oxygens (including phenoxy) is 1. The highest BCUT2D eigenvalue weighted by Gasteiger charge is 2.27. The zero-order valence-electron chi connectivity index (χ0n) is 21.3. The van der Waals surface area contributed by atoms with E-state index in [2.05, 4.69) is 56.7 Å². The summed E-state index contributed by atoms with van der Waals surface area (Å²) in [6, 6.07) is 8.30. The predicted octanol–water partition coefficient (Wildman–Crippen LogP) is 4.62. The van der Waals surface area contributed by atoms with Crippen molar-refractivity contribution in [2.75, 3.05) is 45.1 Å². The number of fused-ring (bicyclic) bond motifs is 1. The minimum Gasteiger partial charge on any atom is -0.459 e. The molecule has 34 heavy (non-hydrogen) atoms. The normalized spacial score (nSPS) is 16.2. The third-order valence-corrected chi connectivity index (χ3v) is 6.95. The van der Waals surface area contributed by atoms with Gasteiger partial charge in [0.1, 0.15) is 5.82 Å². The van der Waals surface area contributed by atoms with Crippen molar-refractivity contribution in [3.8, 4) is 11.1 Å². The zero-order valence-corrected chi connectivity index (χ0v) is 21.3. The average molecular weight is 464 g/mol. The molecule has 0 aromatic carbocycles. The molecule has 1 aliphatic rings. The summed E-state index contributed by atoms with van der Waals surface area (Å²) in [5, 5.41) is 3.07. The Morgan fingerprint density at radius 1 is 1.15 bits per heavy atom. The van der Waals surface area contributed by atoms with Gasteiger partial charge < -0.3 is 19.4 Å². The lowest BCUT2D eigenvalue weighted by Gasteiger charge is -2.38. The van der Waals surface area contributed by atoms with Gasteiger partial charge >= 0.3 is 5.97 Å². The van der Waals surface area contributed by atoms with Crippen molar-refractivity contribution < 1.29 is 9.53 Å². The van der Waals surface area contributed by atoms with Crippen LogP contribution in [0.2, 0.25) is 0 Å². The maximum absolute atomic E-state index is 13.1. The lowest BCUT2D eigenvalue weighted by Crippen LogP contribution is -2.47. The molecule has 1 saturated heterocycles. The molecule has 4 heterocycles. The van der Waals surface area contributed by atoms with Gasteiger partial charge in [0.05, 0.1) is 17.2 Å². The molecule has 1 fully saturated rings. The fourth-order valence-corrected chi connectivity index (χ4v) is 4.95. The average Bonchev–Trinajstić information content (AvgIpc) is 3.26. The van der Waals surface area contributed by atoms with Crippen molar-refractivity contribution in [1.29, 1.82) is 0 Å². The van der Waals surface area contributed by atoms with Gasteiger partial charge in [-0.15, -0.1) is 0 Å². The molecule has 1 atom stereocenters. The van der Waals surface area contributed by atoms with E-state index in [0.29, 0.717) is 5.56 Å². The Hall–Kier alpha value is -2.90. The minimum absolute atomic E-state index is 0.165. The summed E-state index contributed by atoms with van der Waals surface area (Å²) >= 11 is 0. The standard InChI is InChI=1S/C27H37N5O2/c1-7-30-12-14-31(15-13-30)20(5)26-19(4)23(27(33)34-18(2)3)16-24-22(10-11-32(24)26)21-8-9-25(28-6)29-17-21/h8-11,16-18,20H,7,12-15H2,1-6H3,(H,28,29). The molecule has 7 nitrogen and oxygen atoms in total. The highest BCUT2D eigenvalue weighted by atomic mass is 16.5. The fraction of sp³-hybridized carbons (Fsp3) is 0.481. The summed E-state index contributed by atoms with van der Waals surface area (Å²) in [4.78, 5) is 22.6. The van der Waals surface area contributed by atoms with Crippen LogP contribution in [0.5, 0.6) is 0 Å². The van der Waals surface area contributed by atoms with Gasteiger partial charge in [-0.3, -0.25) is 4.90 Å². The summed E-state index contributed by atoms with van der Waals surface area (Å²) in [5.41, 5.74) is 5.82. The van der Waals surface area contributed by atoms with Crippen LogP contribution in [0.15, 0.2) is 36.7 Å². The molecule has 0 aliphatic carbocycles. The Kier molecular flexibility index (Phi) is 7.24. The molecule has 1 N–H and O–H groups in total. The highest BCUT2D eigenvalue weighted by Crippen LogP contribution is 2.34. The van der Waals surface area contributed by atoms with Crippen LogP contribution in [-0.2, 0) is 4.74 Å². The Morgan fingerprint density at radius 3 is 2.47 bits per heavy atom. The number of anilines is 1. The zero-order chi connectivity index (χ0) is 24.4. The molecular formula is C27H37N5O2. The van der Waals surface area contributed by atoms with Crippen LogP contribution in [0.25, 0.3) is 16.6 Å². The molecular weight excluding hydrogens is 426 g/mol. The van der Waals surface area contributed by atoms with Gasteiger partial charge in [-0.1, -0.05) is 6.92 Å². The first-order chi connectivity index (χ1) is 16.3. The van der Waals surface area contributed by atoms with Crippen molar-refractivity contribution in [1.82, 2.24) is 19.2 Å². The molecule has 0 bridgehead atoms. The first-order valence-corrected chi connectivity index (χ1v) is 12.3. The van der Waals surface area contributed by atoms with E-state index in [-0.39, 0.29) is 18.1 Å². The number of piperazine rings is 1. The number of hydrogen-bond acceptors (Lipinski definition) is 6. The van der Waals surface area contributed by atoms with Crippen LogP contribution in [0.3, 0.4) is 0 Å². The minimum atomic E-state index is -0.268. The van der Waals surface area contributed by atoms with E-state index in [1.807, 2.05) is 46.1 Å². The van der Waals surface area contributed by atoms with Crippen LogP contribution >= 0.6 is 0 Å². The third kappa shape index (κ3) is 4.68. The van der Waals surface area contributed by atoms with E-state index in [4.69, 9.17) is 4.74 Å². The summed E-state index contributed by atoms with van der Waals surface area (Å²) in [7, 11) is 1.86. The van der Waals surface area contributed by atoms with E-state index < -0.39 is 0 Å². The molecule has 3 aromatic rings. The number of hydrogen-bond donors (Lipinski definition) is 1. The fourth-order valence-electron chi connectivity index (χ4n) is 4.95. The van der Waals surface area contributed by atoms with Gasteiger partial charge in [-0.25, -0.2) is 9.78 Å². The molecule has 1 unspecified atom stereocenters. The number of esters is 1. The molecule has 1 aliphatic heterocycles. The van der Waals surface area contributed by atoms with Gasteiger partial charge in [0, 0.05) is 68.5 Å². The quantitative estimate of drug-likeness (QED) is 0.516. The molecule has 3 aromatic heterocycles. The number of nitrogens with one attached hydrogen (secondary N) is 1. The van der Waals surface area contributed by atoms with Gasteiger partial charge in [0.2, 0.25) is 0 Å². The molecule has 0 radical (unpaired) electrons. The Labute approximate surface area is 202 Å². The second-order valence-electron chi connectivity index (χ2n) is 9.34. The van der Waals surface area contributed by atoms with Crippen molar-refractivity contribution in [2.45, 2.75) is 46.8 Å². The maximum Gasteiger partial charge on any atom is 0.338 e. The Morgan fingerprint density at radius 2 is 1.88 bits per heavy atom. The lowest BCUT2D eigenvalue weighted by atomic mass is 9.99. The Balaban J connectivity index is 1.83. The van der Waals surface area contributed by atoms with Crippen molar-refractivity contribution in [2.24, 2.45) is 0 Å². The van der Waals surface area contributed by atoms with E-state index in [0.717, 1.165) is 66.4 Å². The third-order valence-electron chi connectivity index (χ3n) is 6.95. The topological polar surface area (TPSA) is 62.1 Å². The summed E-state index contributed by atoms with van der Waals surface area (Å²) in [5.74, 6) is 0.555. The summed E-state index contributed by atoms with van der Waals surface area (Å²) in [6.45, 7) is 15.5. The second-order valence-corrected chi connectivity index (χ2v) is 9.34. The summed E-state index contributed by atoms with van der Waals surface area (Å²) in [6.07, 6.45) is 3.82. The van der Waals surface area contributed by atoms with Gasteiger partial charge in [0.25, 0.3) is 0 Å². The predicted molar refractivity (Wildman–Crippen MR) is 138 cm³/mol. The first-order valence-electron chi connectivity index (χ1n) is 12.3. The Bertz CT molecular complexity index is 1140. The highest BCUT2D eigenvalue weighted by molar-refractivity contribution is 5.95. The van der Waals surface area contributed by atoms with Crippen molar-refractivity contribution >= 4 is 17.3 Å². The van der Waals surface area contributed by atoms with Crippen LogP contribution in [0, 0.1) is 6.92 Å². The van der Waals surface area contributed by atoms with Crippen LogP contribution in [-0.4, -0.2) is 71.0 Å². The number of rotatable bonds is 7. The van der Waals surface area contributed by atoms with E-state index in [1.165, 1.54) is 0 Å². The van der Waals surface area contributed by atoms with Gasteiger partial charge in [-0.05, 0) is 64.1 Å². The number of nitrogens with zero attached hydrogens (tertiary/aromatic N) is 4. The number of aromatic nitrogens is 2. The first kappa shape index (κ1) is 24.2. The largest absolute Gasteiger partial charge is 0.459 e. The number of likely N-dealkylation sites (N-methyl/N-ethyl adjacent to an activating group) is 1. The molecule has 0 saturated carbocycles. The van der Waals surface area contributed by atoms with Gasteiger partial charge in [-0.2, -0.15) is 0 Å². The van der Waals surface area contributed by atoms with Crippen LogP contribution < -0.4 is 5.32 Å². The number of carbonyl (C=O) groups excluding carboxylic acids is 1. The molecule has 0 spiro atoms. The molecule has 182 valence electrons.